The van der Waals surface area contributed by atoms with Gasteiger partial charge in [-0.25, -0.2) is 4.90 Å². The number of carbonyl (C=O) groups is 2. The van der Waals surface area contributed by atoms with Crippen molar-refractivity contribution in [2.45, 2.75) is 8.65 Å². The molecule has 0 radical (unpaired) electrons. The minimum absolute atomic E-state index is 0.211. The Morgan fingerprint density at radius 1 is 0.700 bits per heavy atom. The van der Waals surface area contributed by atoms with Crippen LogP contribution in [0.2, 0.25) is 5.02 Å². The van der Waals surface area contributed by atoms with Gasteiger partial charge in [-0.2, -0.15) is 0 Å². The third kappa shape index (κ3) is 2.02. The van der Waals surface area contributed by atoms with Gasteiger partial charge in [0.2, 0.25) is 11.8 Å². The van der Waals surface area contributed by atoms with E-state index in [1.807, 2.05) is 48.5 Å². The topological polar surface area (TPSA) is 37.4 Å². The molecule has 1 fully saturated rings. The first-order valence-corrected chi connectivity index (χ1v) is 11.6. The summed E-state index contributed by atoms with van der Waals surface area (Å²) >= 11 is 14.2. The number of rotatable bonds is 1. The maximum Gasteiger partial charge on any atom is 0.239 e. The standard InChI is InChI=1S/C24H14Br2ClNO2/c25-23-15-8-1-2-9-16(15)24(26,18-11-4-3-10-17(18)23)20-19(23)21(29)28(22(20)30)14-7-5-6-13(27)12-14/h1-12,19-20H/t19-,20+,23?,24?. The molecule has 30 heavy (non-hydrogen) atoms. The van der Waals surface area contributed by atoms with Gasteiger partial charge >= 0.3 is 0 Å². The highest BCUT2D eigenvalue weighted by molar-refractivity contribution is 9.10. The van der Waals surface area contributed by atoms with Crippen molar-refractivity contribution in [3.8, 4) is 0 Å². The van der Waals surface area contributed by atoms with E-state index >= 15 is 0 Å². The van der Waals surface area contributed by atoms with Crippen LogP contribution in [0.25, 0.3) is 0 Å². The van der Waals surface area contributed by atoms with E-state index in [0.29, 0.717) is 10.7 Å². The van der Waals surface area contributed by atoms with Gasteiger partial charge in [0.05, 0.1) is 26.2 Å². The Kier molecular flexibility index (Phi) is 3.79. The minimum atomic E-state index is -0.777. The maximum atomic E-state index is 13.8. The summed E-state index contributed by atoms with van der Waals surface area (Å²) < 4.78 is -1.55. The van der Waals surface area contributed by atoms with Gasteiger partial charge in [0.1, 0.15) is 0 Å². The number of amides is 2. The first kappa shape index (κ1) is 18.8. The molecule has 1 saturated heterocycles. The van der Waals surface area contributed by atoms with E-state index in [1.165, 1.54) is 4.90 Å². The quantitative estimate of drug-likeness (QED) is 0.290. The van der Waals surface area contributed by atoms with E-state index < -0.39 is 20.5 Å². The molecule has 4 aliphatic rings. The van der Waals surface area contributed by atoms with Gasteiger partial charge in [0.15, 0.2) is 0 Å². The Labute approximate surface area is 195 Å². The molecule has 7 rings (SSSR count). The largest absolute Gasteiger partial charge is 0.274 e. The highest BCUT2D eigenvalue weighted by Crippen LogP contribution is 2.70. The van der Waals surface area contributed by atoms with Crippen LogP contribution in [0.3, 0.4) is 0 Å². The zero-order valence-electron chi connectivity index (χ0n) is 15.5. The van der Waals surface area contributed by atoms with Crippen molar-refractivity contribution in [3.05, 3.63) is 100 Å². The monoisotopic (exact) mass is 541 g/mol. The molecule has 3 aromatic rings. The lowest BCUT2D eigenvalue weighted by atomic mass is 9.54. The number of hydrogen-bond donors (Lipinski definition) is 0. The molecule has 0 aromatic heterocycles. The minimum Gasteiger partial charge on any atom is -0.274 e. The fourth-order valence-corrected chi connectivity index (χ4v) is 8.02. The molecule has 3 aromatic carbocycles. The molecule has 2 atom stereocenters. The fraction of sp³-hybridized carbons (Fsp3) is 0.167. The molecule has 2 bridgehead atoms. The predicted octanol–water partition coefficient (Wildman–Crippen LogP) is 5.75. The first-order valence-electron chi connectivity index (χ1n) is 9.61. The second kappa shape index (κ2) is 6.06. The molecule has 3 aliphatic carbocycles. The highest BCUT2D eigenvalue weighted by Gasteiger charge is 2.72. The van der Waals surface area contributed by atoms with Crippen molar-refractivity contribution in [3.63, 3.8) is 0 Å². The smallest absolute Gasteiger partial charge is 0.239 e. The molecule has 3 nitrogen and oxygen atoms in total. The molecule has 0 spiro atoms. The van der Waals surface area contributed by atoms with Crippen LogP contribution in [0.5, 0.6) is 0 Å². The fourth-order valence-electron chi connectivity index (χ4n) is 5.54. The Hall–Kier alpha value is -1.95. The van der Waals surface area contributed by atoms with Gasteiger partial charge in [-0.15, -0.1) is 0 Å². The molecule has 0 N–H and O–H groups in total. The lowest BCUT2D eigenvalue weighted by molar-refractivity contribution is -0.122. The van der Waals surface area contributed by atoms with Gasteiger partial charge in [0.25, 0.3) is 0 Å². The molecular formula is C24H14Br2ClNO2. The summed E-state index contributed by atoms with van der Waals surface area (Å²) in [5.74, 6) is -1.57. The van der Waals surface area contributed by atoms with E-state index in [1.54, 1.807) is 24.3 Å². The van der Waals surface area contributed by atoms with Crippen molar-refractivity contribution in [2.75, 3.05) is 4.90 Å². The Balaban J connectivity index is 1.67. The lowest BCUT2D eigenvalue weighted by Crippen LogP contribution is -2.56. The summed E-state index contributed by atoms with van der Waals surface area (Å²) in [5, 5.41) is 0.486. The number of alkyl halides is 2. The number of hydrogen-bond acceptors (Lipinski definition) is 2. The van der Waals surface area contributed by atoms with Crippen LogP contribution < -0.4 is 4.90 Å². The van der Waals surface area contributed by atoms with Crippen molar-refractivity contribution < 1.29 is 9.59 Å². The summed E-state index contributed by atoms with van der Waals surface area (Å²) in [6, 6.07) is 23.0. The molecule has 1 heterocycles. The number of carbonyl (C=O) groups excluding carboxylic acids is 2. The van der Waals surface area contributed by atoms with Crippen LogP contribution in [-0.2, 0) is 18.2 Å². The molecule has 148 valence electrons. The van der Waals surface area contributed by atoms with E-state index in [-0.39, 0.29) is 11.8 Å². The zero-order chi connectivity index (χ0) is 20.8. The van der Waals surface area contributed by atoms with Gasteiger partial charge in [0, 0.05) is 5.02 Å². The van der Waals surface area contributed by atoms with Gasteiger partial charge in [-0.1, -0.05) is 98.1 Å². The number of anilines is 1. The summed E-state index contributed by atoms with van der Waals surface area (Å²) in [4.78, 5) is 29.0. The molecule has 2 amide bonds. The Bertz CT molecular complexity index is 1150. The van der Waals surface area contributed by atoms with E-state index in [2.05, 4.69) is 31.9 Å². The van der Waals surface area contributed by atoms with Crippen LogP contribution in [0.4, 0.5) is 5.69 Å². The lowest BCUT2D eigenvalue weighted by Gasteiger charge is -2.55. The number of benzene rings is 3. The average Bonchev–Trinajstić information content (AvgIpc) is 3.03. The number of halogens is 3. The van der Waals surface area contributed by atoms with E-state index in [4.69, 9.17) is 11.6 Å². The van der Waals surface area contributed by atoms with Crippen LogP contribution in [0.15, 0.2) is 72.8 Å². The van der Waals surface area contributed by atoms with Gasteiger partial charge in [-0.05, 0) is 40.5 Å². The normalized spacial score (nSPS) is 30.8. The van der Waals surface area contributed by atoms with E-state index in [0.717, 1.165) is 22.3 Å². The molecule has 6 heteroatoms. The summed E-state index contributed by atoms with van der Waals surface area (Å²) in [6.07, 6.45) is 0. The SMILES string of the molecule is O=C1[C@@H]2[C@H](C(=O)N1c1cccc(Cl)c1)C1(Br)c3ccccc3C2(Br)c2ccccc21. The average molecular weight is 544 g/mol. The second-order valence-electron chi connectivity index (χ2n) is 7.96. The molecule has 0 saturated carbocycles. The predicted molar refractivity (Wildman–Crippen MR) is 123 cm³/mol. The van der Waals surface area contributed by atoms with E-state index in [9.17, 15) is 9.59 Å². The van der Waals surface area contributed by atoms with Crippen LogP contribution in [-0.4, -0.2) is 11.8 Å². The summed E-state index contributed by atoms with van der Waals surface area (Å²) in [7, 11) is 0. The van der Waals surface area contributed by atoms with Crippen LogP contribution in [0.1, 0.15) is 22.3 Å². The summed E-state index contributed by atoms with van der Waals surface area (Å²) in [6.45, 7) is 0. The Morgan fingerprint density at radius 3 is 1.53 bits per heavy atom. The molecule has 1 aliphatic heterocycles. The highest BCUT2D eigenvalue weighted by atomic mass is 79.9. The van der Waals surface area contributed by atoms with Crippen molar-refractivity contribution >= 4 is 61.0 Å². The maximum absolute atomic E-state index is 13.8. The third-order valence-electron chi connectivity index (χ3n) is 6.65. The Morgan fingerprint density at radius 2 is 1.13 bits per heavy atom. The first-order chi connectivity index (χ1) is 14.4. The van der Waals surface area contributed by atoms with Crippen molar-refractivity contribution in [2.24, 2.45) is 11.8 Å². The van der Waals surface area contributed by atoms with Crippen molar-refractivity contribution in [1.82, 2.24) is 0 Å². The molecular weight excluding hydrogens is 530 g/mol. The summed E-state index contributed by atoms with van der Waals surface area (Å²) in [5.41, 5.74) is 4.60. The van der Waals surface area contributed by atoms with Gasteiger partial charge in [-0.3, -0.25) is 9.59 Å². The van der Waals surface area contributed by atoms with Crippen LogP contribution >= 0.6 is 43.5 Å². The number of nitrogens with zero attached hydrogens (tertiary/aromatic N) is 1. The van der Waals surface area contributed by atoms with Crippen molar-refractivity contribution in [1.29, 1.82) is 0 Å². The number of imide groups is 1. The third-order valence-corrected chi connectivity index (χ3v) is 9.58. The molecule has 0 unspecified atom stereocenters. The van der Waals surface area contributed by atoms with Gasteiger partial charge < -0.3 is 0 Å². The zero-order valence-corrected chi connectivity index (χ0v) is 19.4. The second-order valence-corrected chi connectivity index (χ2v) is 10.9. The van der Waals surface area contributed by atoms with Crippen LogP contribution in [0, 0.1) is 11.8 Å².